The molecular formula is C22H21FN2O. The van der Waals surface area contributed by atoms with Crippen LogP contribution in [0.4, 0.5) is 4.39 Å². The van der Waals surface area contributed by atoms with Gasteiger partial charge in [-0.3, -0.25) is 9.78 Å². The molecule has 4 heteroatoms. The lowest BCUT2D eigenvalue weighted by Gasteiger charge is -2.26. The molecule has 2 aromatic carbocycles. The smallest absolute Gasteiger partial charge is 0.255 e. The van der Waals surface area contributed by atoms with E-state index in [-0.39, 0.29) is 17.8 Å². The predicted octanol–water partition coefficient (Wildman–Crippen LogP) is 5.03. The third kappa shape index (κ3) is 3.64. The second-order valence-electron chi connectivity index (χ2n) is 6.34. The van der Waals surface area contributed by atoms with E-state index < -0.39 is 0 Å². The average molecular weight is 348 g/mol. The first-order valence-electron chi connectivity index (χ1n) is 8.53. The van der Waals surface area contributed by atoms with E-state index in [2.05, 4.69) is 4.98 Å². The van der Waals surface area contributed by atoms with E-state index in [9.17, 15) is 9.18 Å². The van der Waals surface area contributed by atoms with Crippen LogP contribution in [0.5, 0.6) is 0 Å². The number of halogens is 1. The number of hydrogen-bond acceptors (Lipinski definition) is 2. The summed E-state index contributed by atoms with van der Waals surface area (Å²) in [6.45, 7) is 3.77. The number of aromatic nitrogens is 1. The van der Waals surface area contributed by atoms with Crippen molar-refractivity contribution in [2.45, 2.75) is 19.9 Å². The second kappa shape index (κ2) is 7.48. The minimum Gasteiger partial charge on any atom is -0.335 e. The van der Waals surface area contributed by atoms with Crippen LogP contribution in [0.3, 0.4) is 0 Å². The molecule has 0 fully saturated rings. The summed E-state index contributed by atoms with van der Waals surface area (Å²) in [5.41, 5.74) is 4.00. The van der Waals surface area contributed by atoms with Gasteiger partial charge in [0.2, 0.25) is 0 Å². The van der Waals surface area contributed by atoms with Gasteiger partial charge in [-0.05, 0) is 43.7 Å². The summed E-state index contributed by atoms with van der Waals surface area (Å²) in [5.74, 6) is -0.391. The zero-order valence-electron chi connectivity index (χ0n) is 15.1. The monoisotopic (exact) mass is 348 g/mol. The summed E-state index contributed by atoms with van der Waals surface area (Å²) in [5, 5.41) is 0. The molecule has 3 rings (SSSR count). The highest BCUT2D eigenvalue weighted by Crippen LogP contribution is 2.23. The van der Waals surface area contributed by atoms with Crippen molar-refractivity contribution in [3.8, 4) is 11.3 Å². The van der Waals surface area contributed by atoms with Gasteiger partial charge >= 0.3 is 0 Å². The van der Waals surface area contributed by atoms with Crippen molar-refractivity contribution in [1.82, 2.24) is 9.88 Å². The Hall–Kier alpha value is -3.01. The summed E-state index contributed by atoms with van der Waals surface area (Å²) in [6.07, 6.45) is 0. The number of carbonyl (C=O) groups is 1. The Morgan fingerprint density at radius 1 is 1.00 bits per heavy atom. The Morgan fingerprint density at radius 2 is 1.65 bits per heavy atom. The van der Waals surface area contributed by atoms with Gasteiger partial charge < -0.3 is 4.90 Å². The van der Waals surface area contributed by atoms with Crippen LogP contribution in [0, 0.1) is 12.7 Å². The van der Waals surface area contributed by atoms with E-state index in [1.54, 1.807) is 24.1 Å². The van der Waals surface area contributed by atoms with Gasteiger partial charge in [-0.2, -0.15) is 0 Å². The van der Waals surface area contributed by atoms with Crippen molar-refractivity contribution in [2.75, 3.05) is 7.05 Å². The normalized spacial score (nSPS) is 11.8. The molecule has 0 N–H and O–H groups in total. The SMILES string of the molecule is Cc1nc(-c2ccccc2)ccc1C(=O)N(C)C(C)c1ccc(F)cc1. The lowest BCUT2D eigenvalue weighted by Crippen LogP contribution is -2.30. The Bertz CT molecular complexity index is 907. The maximum atomic E-state index is 13.1. The zero-order chi connectivity index (χ0) is 18.7. The fraction of sp³-hybridized carbons (Fsp3) is 0.182. The molecule has 0 radical (unpaired) electrons. The molecule has 0 saturated carbocycles. The molecule has 1 atom stereocenters. The molecule has 132 valence electrons. The van der Waals surface area contributed by atoms with Crippen LogP contribution < -0.4 is 0 Å². The summed E-state index contributed by atoms with van der Waals surface area (Å²) < 4.78 is 13.1. The Kier molecular flexibility index (Phi) is 5.12. The highest BCUT2D eigenvalue weighted by Gasteiger charge is 2.21. The summed E-state index contributed by atoms with van der Waals surface area (Å²) in [4.78, 5) is 19.2. The molecule has 0 aliphatic rings. The van der Waals surface area contributed by atoms with Gasteiger partial charge in [-0.15, -0.1) is 0 Å². The first-order chi connectivity index (χ1) is 12.5. The van der Waals surface area contributed by atoms with Crippen LogP contribution in [-0.4, -0.2) is 22.8 Å². The topological polar surface area (TPSA) is 33.2 Å². The van der Waals surface area contributed by atoms with Gasteiger partial charge in [0, 0.05) is 12.6 Å². The molecule has 0 aliphatic heterocycles. The number of rotatable bonds is 4. The number of amides is 1. The van der Waals surface area contributed by atoms with Crippen molar-refractivity contribution in [3.05, 3.63) is 89.4 Å². The van der Waals surface area contributed by atoms with Crippen LogP contribution in [0.15, 0.2) is 66.7 Å². The van der Waals surface area contributed by atoms with E-state index in [4.69, 9.17) is 0 Å². The maximum absolute atomic E-state index is 13.1. The fourth-order valence-corrected chi connectivity index (χ4v) is 2.89. The third-order valence-corrected chi connectivity index (χ3v) is 4.64. The van der Waals surface area contributed by atoms with Crippen LogP contribution in [0.1, 0.15) is 34.6 Å². The molecular weight excluding hydrogens is 327 g/mol. The van der Waals surface area contributed by atoms with Crippen molar-refractivity contribution in [1.29, 1.82) is 0 Å². The van der Waals surface area contributed by atoms with Crippen molar-refractivity contribution >= 4 is 5.91 Å². The molecule has 3 aromatic rings. The van der Waals surface area contributed by atoms with Crippen LogP contribution in [-0.2, 0) is 0 Å². The van der Waals surface area contributed by atoms with Gasteiger partial charge in [0.05, 0.1) is 23.0 Å². The number of hydrogen-bond donors (Lipinski definition) is 0. The molecule has 0 aliphatic carbocycles. The molecule has 1 aromatic heterocycles. The van der Waals surface area contributed by atoms with E-state index in [1.807, 2.05) is 56.3 Å². The molecule has 1 amide bonds. The van der Waals surface area contributed by atoms with Gasteiger partial charge in [-0.1, -0.05) is 42.5 Å². The number of nitrogens with zero attached hydrogens (tertiary/aromatic N) is 2. The molecule has 0 saturated heterocycles. The molecule has 3 nitrogen and oxygen atoms in total. The first-order valence-corrected chi connectivity index (χ1v) is 8.53. The fourth-order valence-electron chi connectivity index (χ4n) is 2.89. The number of pyridine rings is 1. The van der Waals surface area contributed by atoms with Crippen LogP contribution in [0.25, 0.3) is 11.3 Å². The maximum Gasteiger partial charge on any atom is 0.255 e. The van der Waals surface area contributed by atoms with Gasteiger partial charge in [-0.25, -0.2) is 4.39 Å². The minimum atomic E-state index is -0.286. The zero-order valence-corrected chi connectivity index (χ0v) is 15.1. The van der Waals surface area contributed by atoms with E-state index in [0.717, 1.165) is 16.8 Å². The molecule has 1 unspecified atom stereocenters. The summed E-state index contributed by atoms with van der Waals surface area (Å²) in [6, 6.07) is 19.6. The lowest BCUT2D eigenvalue weighted by molar-refractivity contribution is 0.0741. The highest BCUT2D eigenvalue weighted by atomic mass is 19.1. The van der Waals surface area contributed by atoms with Crippen molar-refractivity contribution < 1.29 is 9.18 Å². The summed E-state index contributed by atoms with van der Waals surface area (Å²) >= 11 is 0. The molecule has 26 heavy (non-hydrogen) atoms. The minimum absolute atomic E-state index is 0.105. The van der Waals surface area contributed by atoms with E-state index in [0.29, 0.717) is 11.3 Å². The summed E-state index contributed by atoms with van der Waals surface area (Å²) in [7, 11) is 1.75. The van der Waals surface area contributed by atoms with Gasteiger partial charge in [0.1, 0.15) is 5.82 Å². The Balaban J connectivity index is 1.84. The van der Waals surface area contributed by atoms with Gasteiger partial charge in [0.15, 0.2) is 0 Å². The van der Waals surface area contributed by atoms with E-state index in [1.165, 1.54) is 12.1 Å². The number of carbonyl (C=O) groups excluding carboxylic acids is 1. The molecule has 1 heterocycles. The van der Waals surface area contributed by atoms with Crippen molar-refractivity contribution in [2.24, 2.45) is 0 Å². The van der Waals surface area contributed by atoms with Crippen LogP contribution >= 0.6 is 0 Å². The first kappa shape index (κ1) is 17.8. The van der Waals surface area contributed by atoms with Crippen LogP contribution in [0.2, 0.25) is 0 Å². The molecule has 0 spiro atoms. The van der Waals surface area contributed by atoms with Gasteiger partial charge in [0.25, 0.3) is 5.91 Å². The lowest BCUT2D eigenvalue weighted by atomic mass is 10.0. The second-order valence-corrected chi connectivity index (χ2v) is 6.34. The van der Waals surface area contributed by atoms with E-state index >= 15 is 0 Å². The quantitative estimate of drug-likeness (QED) is 0.662. The largest absolute Gasteiger partial charge is 0.335 e. The number of aryl methyl sites for hydroxylation is 1. The Morgan fingerprint density at radius 3 is 2.27 bits per heavy atom. The highest BCUT2D eigenvalue weighted by molar-refractivity contribution is 5.95. The number of benzene rings is 2. The third-order valence-electron chi connectivity index (χ3n) is 4.64. The average Bonchev–Trinajstić information content (AvgIpc) is 2.67. The Labute approximate surface area is 153 Å². The van der Waals surface area contributed by atoms with Crippen molar-refractivity contribution in [3.63, 3.8) is 0 Å². The predicted molar refractivity (Wildman–Crippen MR) is 101 cm³/mol. The standard InChI is InChI=1S/C22H21FN2O/c1-15-20(13-14-21(24-15)18-7-5-4-6-8-18)22(26)25(3)16(2)17-9-11-19(23)12-10-17/h4-14,16H,1-3H3. The molecule has 0 bridgehead atoms.